The first-order valence-corrected chi connectivity index (χ1v) is 23.7. The van der Waals surface area contributed by atoms with Crippen molar-refractivity contribution in [3.8, 4) is 56.3 Å². The van der Waals surface area contributed by atoms with Crippen LogP contribution < -0.4 is 25.4 Å². The van der Waals surface area contributed by atoms with E-state index in [9.17, 15) is 36.7 Å². The molecule has 19 nitrogen and oxygen atoms in total. The fourth-order valence-corrected chi connectivity index (χ4v) is 7.50. The van der Waals surface area contributed by atoms with E-state index in [1.165, 1.54) is 78.3 Å². The Morgan fingerprint density at radius 3 is 1.39 bits per heavy atom. The third-order valence-electron chi connectivity index (χ3n) is 11.2. The molecule has 0 aliphatic carbocycles. The maximum Gasteiger partial charge on any atom is 0.407 e. The van der Waals surface area contributed by atoms with Gasteiger partial charge in [0.25, 0.3) is 0 Å². The van der Waals surface area contributed by atoms with Crippen molar-refractivity contribution in [1.82, 2.24) is 40.4 Å². The second kappa shape index (κ2) is 24.6. The van der Waals surface area contributed by atoms with Gasteiger partial charge in [-0.15, -0.1) is 0 Å². The molecule has 0 bridgehead atoms. The fourth-order valence-electron chi connectivity index (χ4n) is 7.50. The lowest BCUT2D eigenvalue weighted by Gasteiger charge is -2.39. The Morgan fingerprint density at radius 2 is 1.04 bits per heavy atom. The van der Waals surface area contributed by atoms with Gasteiger partial charge in [0.1, 0.15) is 47.3 Å². The van der Waals surface area contributed by atoms with Crippen LogP contribution >= 0.6 is 0 Å². The quantitative estimate of drug-likeness (QED) is 0.0668. The Hall–Kier alpha value is -8.96. The predicted octanol–water partition coefficient (Wildman–Crippen LogP) is 9.41. The number of aliphatic carboxylic acids is 1. The number of likely N-dealkylation sites (tertiary alicyclic amines) is 1. The van der Waals surface area contributed by atoms with Gasteiger partial charge >= 0.3 is 18.2 Å². The maximum atomic E-state index is 14.5. The molecule has 0 spiro atoms. The van der Waals surface area contributed by atoms with Crippen LogP contribution in [0.4, 0.5) is 38.5 Å². The first-order valence-electron chi connectivity index (χ1n) is 23.7. The molecule has 0 atom stereocenters. The molecule has 8 rings (SSSR count). The second-order valence-electron chi connectivity index (χ2n) is 19.5. The Kier molecular flexibility index (Phi) is 18.3. The zero-order valence-electron chi connectivity index (χ0n) is 43.3. The van der Waals surface area contributed by atoms with Gasteiger partial charge in [-0.3, -0.25) is 19.0 Å². The van der Waals surface area contributed by atoms with Crippen LogP contribution in [0, 0.1) is 36.4 Å². The molecule has 3 amide bonds. The van der Waals surface area contributed by atoms with Gasteiger partial charge in [0.15, 0.2) is 23.1 Å². The molecule has 0 radical (unpaired) electrons. The molecule has 0 saturated carbocycles. The Bertz CT molecular complexity index is 3230. The average molecular weight is 1070 g/mol. The van der Waals surface area contributed by atoms with Crippen molar-refractivity contribution in [3.05, 3.63) is 131 Å². The Morgan fingerprint density at radius 1 is 0.636 bits per heavy atom. The summed E-state index contributed by atoms with van der Waals surface area (Å²) in [4.78, 5) is 54.7. The number of carboxylic acids is 1. The van der Waals surface area contributed by atoms with E-state index in [0.717, 1.165) is 19.2 Å². The fraction of sp³-hybridized carbons (Fsp3) is 0.333. The average Bonchev–Trinajstić information content (AvgIpc) is 3.94. The summed E-state index contributed by atoms with van der Waals surface area (Å²) in [5, 5.41) is 26.2. The molecular formula is C54H56F4N10O9. The van der Waals surface area contributed by atoms with Crippen LogP contribution in [-0.2, 0) is 32.2 Å². The number of halogens is 4. The minimum absolute atomic E-state index is 0.0608. The lowest BCUT2D eigenvalue weighted by atomic mass is 10.0. The number of nitrogens with zero attached hydrogens (tertiary/aromatic N) is 7. The lowest BCUT2D eigenvalue weighted by Crippen LogP contribution is -2.61. The van der Waals surface area contributed by atoms with Crippen molar-refractivity contribution >= 4 is 35.4 Å². The van der Waals surface area contributed by atoms with E-state index >= 15 is 0 Å². The van der Waals surface area contributed by atoms with Gasteiger partial charge in [-0.2, -0.15) is 10.2 Å². The number of hydrogen-bond donors (Lipinski definition) is 4. The predicted molar refractivity (Wildman–Crippen MR) is 275 cm³/mol. The number of nitrogens with one attached hydrogen (secondary N) is 3. The van der Waals surface area contributed by atoms with Crippen LogP contribution in [0.1, 0.15) is 41.5 Å². The molecule has 2 saturated heterocycles. The number of carbonyl (C=O) groups excluding carboxylic acids is 3. The smallest absolute Gasteiger partial charge is 0.407 e. The molecule has 2 fully saturated rings. The van der Waals surface area contributed by atoms with E-state index < -0.39 is 53.1 Å². The van der Waals surface area contributed by atoms with Crippen molar-refractivity contribution in [3.63, 3.8) is 0 Å². The zero-order valence-corrected chi connectivity index (χ0v) is 43.3. The first-order chi connectivity index (χ1) is 36.4. The topological polar surface area (TPSA) is 209 Å². The maximum absolute atomic E-state index is 14.5. The first kappa shape index (κ1) is 57.3. The summed E-state index contributed by atoms with van der Waals surface area (Å²) in [6.45, 7) is 26.7. The number of methoxy groups -OCH3 is 2. The molecule has 6 aromatic rings. The highest BCUT2D eigenvalue weighted by molar-refractivity contribution is 5.84. The standard InChI is InChI=1S/C27H27F2N5O4.C19H13F2N3O3.C8H16N2O2/c1-27(2,3)38-26(36)31-18-12-33(13-18)24(35)15-34-14-19(16-7-9-23(37-5)21(29)10-16)25(32-34)17-6-8-22(30-4)20(28)11-17;1-22-16-5-3-12(8-14(16)20)19-13(9-24(23-19)10-18(25)26)11-4-6-17(27-2)15(21)7-11;1-8(2,3)12-7(11)10-6-4-9-5-6/h6-11,14,18H,12-13,15H2,1-3,5H3,(H,31,36);3-9H,10H2,2H3,(H,25,26);6,9H,4-5H2,1-3H3,(H,10,11). The molecule has 2 aliphatic heterocycles. The van der Waals surface area contributed by atoms with Crippen LogP contribution in [0.2, 0.25) is 0 Å². The molecule has 4 N–H and O–H groups in total. The molecule has 404 valence electrons. The van der Waals surface area contributed by atoms with Crippen LogP contribution in [0.3, 0.4) is 0 Å². The van der Waals surface area contributed by atoms with Crippen LogP contribution in [0.25, 0.3) is 54.5 Å². The number of ether oxygens (including phenoxy) is 4. The van der Waals surface area contributed by atoms with E-state index in [0.29, 0.717) is 52.2 Å². The molecule has 77 heavy (non-hydrogen) atoms. The normalized spacial score (nSPS) is 13.1. The van der Waals surface area contributed by atoms with Gasteiger partial charge in [-0.25, -0.2) is 36.8 Å². The summed E-state index contributed by atoms with van der Waals surface area (Å²) >= 11 is 0. The van der Waals surface area contributed by atoms with E-state index in [1.54, 1.807) is 50.1 Å². The van der Waals surface area contributed by atoms with E-state index in [2.05, 4.69) is 35.8 Å². The van der Waals surface area contributed by atoms with Crippen molar-refractivity contribution in [2.75, 3.05) is 40.4 Å². The number of hydrogen-bond acceptors (Lipinski definition) is 11. The van der Waals surface area contributed by atoms with E-state index in [1.807, 2.05) is 20.8 Å². The lowest BCUT2D eigenvalue weighted by molar-refractivity contribution is -0.138. The monoisotopic (exact) mass is 1060 g/mol. The summed E-state index contributed by atoms with van der Waals surface area (Å²) in [6.07, 6.45) is 2.17. The summed E-state index contributed by atoms with van der Waals surface area (Å²) in [5.41, 5.74) is 1.80. The third kappa shape index (κ3) is 15.6. The second-order valence-corrected chi connectivity index (χ2v) is 19.5. The van der Waals surface area contributed by atoms with Gasteiger partial charge in [-0.1, -0.05) is 36.4 Å². The Balaban J connectivity index is 0.000000213. The van der Waals surface area contributed by atoms with Gasteiger partial charge in [0.05, 0.1) is 39.4 Å². The molecule has 2 aromatic heterocycles. The van der Waals surface area contributed by atoms with Crippen LogP contribution in [0.5, 0.6) is 11.5 Å². The van der Waals surface area contributed by atoms with Crippen molar-refractivity contribution in [2.45, 2.75) is 77.9 Å². The molecular weight excluding hydrogens is 1010 g/mol. The number of aromatic nitrogens is 4. The van der Waals surface area contributed by atoms with Crippen molar-refractivity contribution in [2.24, 2.45) is 0 Å². The van der Waals surface area contributed by atoms with E-state index in [4.69, 9.17) is 37.2 Å². The highest BCUT2D eigenvalue weighted by Crippen LogP contribution is 2.37. The van der Waals surface area contributed by atoms with Crippen molar-refractivity contribution in [1.29, 1.82) is 0 Å². The summed E-state index contributed by atoms with van der Waals surface area (Å²) in [7, 11) is 2.70. The SMILES string of the molecule is CC(C)(C)OC(=O)NC1CNC1.[C-]#[N+]c1ccc(-c2nn(CC(=O)N3CC(NC(=O)OC(C)(C)C)C3)cc2-c2ccc(OC)c(F)c2)cc1F.[C-]#[N+]c1ccc(-c2nn(CC(=O)O)cc2-c2ccc(OC)c(F)c2)cc1F. The Labute approximate surface area is 441 Å². The van der Waals surface area contributed by atoms with Gasteiger partial charge in [0.2, 0.25) is 17.3 Å². The van der Waals surface area contributed by atoms with Crippen molar-refractivity contribution < 1.29 is 60.8 Å². The van der Waals surface area contributed by atoms with E-state index in [-0.39, 0.29) is 59.2 Å². The van der Waals surface area contributed by atoms with Gasteiger partial charge in [-0.05, 0) is 89.1 Å². The van der Waals surface area contributed by atoms with Crippen LogP contribution in [-0.4, -0.2) is 117 Å². The number of carboxylic acid groups (broad SMARTS) is 1. The molecule has 0 unspecified atom stereocenters. The van der Waals surface area contributed by atoms with Gasteiger partial charge < -0.3 is 44.9 Å². The molecule has 4 aromatic carbocycles. The highest BCUT2D eigenvalue weighted by Gasteiger charge is 2.33. The number of alkyl carbamates (subject to hydrolysis) is 2. The molecule has 23 heteroatoms. The number of carbonyl (C=O) groups is 4. The number of benzene rings is 4. The molecule has 4 heterocycles. The number of amides is 3. The van der Waals surface area contributed by atoms with Crippen LogP contribution in [0.15, 0.2) is 85.2 Å². The zero-order chi connectivity index (χ0) is 56.4. The summed E-state index contributed by atoms with van der Waals surface area (Å²) in [6, 6.07) is 16.7. The number of rotatable bonds is 12. The molecule has 2 aliphatic rings. The third-order valence-corrected chi connectivity index (χ3v) is 11.2. The summed E-state index contributed by atoms with van der Waals surface area (Å²) < 4.78 is 79.8. The minimum Gasteiger partial charge on any atom is -0.494 e. The van der Waals surface area contributed by atoms with Gasteiger partial charge in [0, 0.05) is 60.8 Å². The summed E-state index contributed by atoms with van der Waals surface area (Å²) in [5.74, 6) is -3.82. The minimum atomic E-state index is -1.11. The highest BCUT2D eigenvalue weighted by atomic mass is 19.1. The largest absolute Gasteiger partial charge is 0.494 e.